The van der Waals surface area contributed by atoms with Gasteiger partial charge in [-0.15, -0.1) is 0 Å². The summed E-state index contributed by atoms with van der Waals surface area (Å²) in [5.41, 5.74) is 1.23. The van der Waals surface area contributed by atoms with Gasteiger partial charge in [-0.1, -0.05) is 12.1 Å². The van der Waals surface area contributed by atoms with E-state index in [2.05, 4.69) is 17.4 Å². The molecule has 20 heavy (non-hydrogen) atoms. The maximum Gasteiger partial charge on any atom is 0.119 e. The Labute approximate surface area is 121 Å². The minimum atomic E-state index is 0.157. The van der Waals surface area contributed by atoms with Gasteiger partial charge in [-0.05, 0) is 38.0 Å². The SMILES string of the molecule is CCOc1cccc(CNC2CC(OCC)C2OC)c1. The zero-order valence-corrected chi connectivity index (χ0v) is 12.6. The molecule has 4 heteroatoms. The van der Waals surface area contributed by atoms with Crippen LogP contribution in [0.15, 0.2) is 24.3 Å². The van der Waals surface area contributed by atoms with Crippen LogP contribution >= 0.6 is 0 Å². The maximum absolute atomic E-state index is 5.63. The van der Waals surface area contributed by atoms with Gasteiger partial charge in [0.05, 0.1) is 18.8 Å². The molecule has 0 spiro atoms. The predicted octanol–water partition coefficient (Wildman–Crippen LogP) is 2.37. The van der Waals surface area contributed by atoms with Gasteiger partial charge in [0, 0.05) is 26.3 Å². The smallest absolute Gasteiger partial charge is 0.119 e. The molecule has 112 valence electrons. The first-order valence-corrected chi connectivity index (χ1v) is 7.38. The van der Waals surface area contributed by atoms with Crippen LogP contribution in [0.5, 0.6) is 5.75 Å². The molecule has 0 bridgehead atoms. The Bertz CT molecular complexity index is 410. The zero-order chi connectivity index (χ0) is 14.4. The van der Waals surface area contributed by atoms with Gasteiger partial charge in [0.1, 0.15) is 5.75 Å². The van der Waals surface area contributed by atoms with Crippen molar-refractivity contribution in [3.63, 3.8) is 0 Å². The first kappa shape index (κ1) is 15.3. The van der Waals surface area contributed by atoms with Crippen molar-refractivity contribution < 1.29 is 14.2 Å². The average Bonchev–Trinajstić information content (AvgIpc) is 2.43. The van der Waals surface area contributed by atoms with Crippen molar-refractivity contribution in [1.29, 1.82) is 0 Å². The molecule has 1 N–H and O–H groups in total. The molecule has 0 saturated heterocycles. The van der Waals surface area contributed by atoms with E-state index in [1.807, 2.05) is 26.0 Å². The lowest BCUT2D eigenvalue weighted by atomic mass is 9.85. The summed E-state index contributed by atoms with van der Waals surface area (Å²) in [6.07, 6.45) is 1.40. The number of nitrogens with one attached hydrogen (secondary N) is 1. The monoisotopic (exact) mass is 279 g/mol. The molecule has 1 aromatic rings. The highest BCUT2D eigenvalue weighted by Crippen LogP contribution is 2.27. The zero-order valence-electron chi connectivity index (χ0n) is 12.6. The average molecular weight is 279 g/mol. The lowest BCUT2D eigenvalue weighted by Gasteiger charge is -2.43. The van der Waals surface area contributed by atoms with Gasteiger partial charge in [0.15, 0.2) is 0 Å². The number of ether oxygens (including phenoxy) is 3. The van der Waals surface area contributed by atoms with E-state index in [1.54, 1.807) is 7.11 Å². The third-order valence-electron chi connectivity index (χ3n) is 3.68. The molecular weight excluding hydrogens is 254 g/mol. The van der Waals surface area contributed by atoms with E-state index < -0.39 is 0 Å². The van der Waals surface area contributed by atoms with Gasteiger partial charge < -0.3 is 19.5 Å². The molecule has 1 fully saturated rings. The highest BCUT2D eigenvalue weighted by atomic mass is 16.5. The van der Waals surface area contributed by atoms with Gasteiger partial charge in [0.25, 0.3) is 0 Å². The highest BCUT2D eigenvalue weighted by molar-refractivity contribution is 5.28. The fraction of sp³-hybridized carbons (Fsp3) is 0.625. The Kier molecular flexibility index (Phi) is 5.83. The van der Waals surface area contributed by atoms with E-state index in [0.29, 0.717) is 12.6 Å². The van der Waals surface area contributed by atoms with Crippen molar-refractivity contribution in [2.75, 3.05) is 20.3 Å². The van der Waals surface area contributed by atoms with E-state index >= 15 is 0 Å². The quantitative estimate of drug-likeness (QED) is 0.793. The molecule has 3 unspecified atom stereocenters. The van der Waals surface area contributed by atoms with Crippen molar-refractivity contribution in [3.05, 3.63) is 29.8 Å². The van der Waals surface area contributed by atoms with Gasteiger partial charge >= 0.3 is 0 Å². The molecule has 0 radical (unpaired) electrons. The minimum Gasteiger partial charge on any atom is -0.494 e. The molecule has 0 heterocycles. The van der Waals surface area contributed by atoms with Crippen molar-refractivity contribution >= 4 is 0 Å². The Hall–Kier alpha value is -1.10. The van der Waals surface area contributed by atoms with Crippen molar-refractivity contribution in [2.24, 2.45) is 0 Å². The second kappa shape index (κ2) is 7.62. The van der Waals surface area contributed by atoms with Gasteiger partial charge in [-0.25, -0.2) is 0 Å². The molecule has 0 amide bonds. The first-order valence-electron chi connectivity index (χ1n) is 7.38. The van der Waals surface area contributed by atoms with Crippen LogP contribution in [-0.4, -0.2) is 38.6 Å². The Morgan fingerprint density at radius 1 is 1.25 bits per heavy atom. The first-order chi connectivity index (χ1) is 9.78. The number of rotatable bonds is 8. The second-order valence-corrected chi connectivity index (χ2v) is 5.00. The van der Waals surface area contributed by atoms with E-state index in [-0.39, 0.29) is 12.2 Å². The van der Waals surface area contributed by atoms with Gasteiger partial charge in [-0.2, -0.15) is 0 Å². The van der Waals surface area contributed by atoms with Crippen molar-refractivity contribution in [2.45, 2.75) is 45.1 Å². The fourth-order valence-corrected chi connectivity index (χ4v) is 2.64. The van der Waals surface area contributed by atoms with Crippen LogP contribution in [0.3, 0.4) is 0 Å². The summed E-state index contributed by atoms with van der Waals surface area (Å²) in [6, 6.07) is 8.57. The Morgan fingerprint density at radius 3 is 2.80 bits per heavy atom. The number of methoxy groups -OCH3 is 1. The molecule has 3 atom stereocenters. The van der Waals surface area contributed by atoms with Crippen molar-refractivity contribution in [1.82, 2.24) is 5.32 Å². The molecule has 0 aliphatic heterocycles. The fourth-order valence-electron chi connectivity index (χ4n) is 2.64. The van der Waals surface area contributed by atoms with Crippen LogP contribution in [0.25, 0.3) is 0 Å². The van der Waals surface area contributed by atoms with E-state index in [9.17, 15) is 0 Å². The van der Waals surface area contributed by atoms with Crippen LogP contribution in [0.1, 0.15) is 25.8 Å². The molecule has 0 aromatic heterocycles. The Balaban J connectivity index is 1.82. The lowest BCUT2D eigenvalue weighted by Crippen LogP contribution is -2.59. The third kappa shape index (κ3) is 3.72. The summed E-state index contributed by atoms with van der Waals surface area (Å²) in [5.74, 6) is 0.927. The van der Waals surface area contributed by atoms with Crippen LogP contribution in [0, 0.1) is 0 Å². The van der Waals surface area contributed by atoms with Crippen LogP contribution in [0.4, 0.5) is 0 Å². The summed E-state index contributed by atoms with van der Waals surface area (Å²) >= 11 is 0. The molecular formula is C16H25NO3. The summed E-state index contributed by atoms with van der Waals surface area (Å²) in [7, 11) is 1.75. The molecule has 4 nitrogen and oxygen atoms in total. The summed E-state index contributed by atoms with van der Waals surface area (Å²) in [6.45, 7) is 6.28. The highest BCUT2D eigenvalue weighted by Gasteiger charge is 2.41. The number of hydrogen-bond donors (Lipinski definition) is 1. The minimum absolute atomic E-state index is 0.157. The Morgan fingerprint density at radius 2 is 2.10 bits per heavy atom. The van der Waals surface area contributed by atoms with Gasteiger partial charge in [-0.3, -0.25) is 0 Å². The van der Waals surface area contributed by atoms with Crippen LogP contribution in [-0.2, 0) is 16.0 Å². The predicted molar refractivity (Wildman–Crippen MR) is 79.1 cm³/mol. The largest absolute Gasteiger partial charge is 0.494 e. The third-order valence-corrected chi connectivity index (χ3v) is 3.68. The van der Waals surface area contributed by atoms with E-state index in [4.69, 9.17) is 14.2 Å². The van der Waals surface area contributed by atoms with Crippen molar-refractivity contribution in [3.8, 4) is 5.75 Å². The molecule has 1 aromatic carbocycles. The van der Waals surface area contributed by atoms with Crippen LogP contribution in [0.2, 0.25) is 0 Å². The lowest BCUT2D eigenvalue weighted by molar-refractivity contribution is -0.131. The summed E-state index contributed by atoms with van der Waals surface area (Å²) in [4.78, 5) is 0. The summed E-state index contributed by atoms with van der Waals surface area (Å²) < 4.78 is 16.6. The molecule has 1 aliphatic carbocycles. The van der Waals surface area contributed by atoms with E-state index in [1.165, 1.54) is 5.56 Å². The maximum atomic E-state index is 5.63. The summed E-state index contributed by atoms with van der Waals surface area (Å²) in [5, 5.41) is 3.53. The topological polar surface area (TPSA) is 39.7 Å². The molecule has 2 rings (SSSR count). The van der Waals surface area contributed by atoms with Crippen LogP contribution < -0.4 is 10.1 Å². The number of benzene rings is 1. The standard InChI is InChI=1S/C16H25NO3/c1-4-19-13-8-6-7-12(9-13)11-17-14-10-15(20-5-2)16(14)18-3/h6-9,14-17H,4-5,10-11H2,1-3H3. The van der Waals surface area contributed by atoms with Gasteiger partial charge in [0.2, 0.25) is 0 Å². The second-order valence-electron chi connectivity index (χ2n) is 5.00. The van der Waals surface area contributed by atoms with E-state index in [0.717, 1.165) is 25.3 Å². The molecule has 1 saturated carbocycles. The number of hydrogen-bond acceptors (Lipinski definition) is 4. The normalized spacial score (nSPS) is 25.2. The molecule has 1 aliphatic rings.